The van der Waals surface area contributed by atoms with Crippen molar-refractivity contribution in [3.05, 3.63) is 35.9 Å². The Morgan fingerprint density at radius 3 is 2.52 bits per heavy atom. The maximum Gasteiger partial charge on any atom is 0.412 e. The number of nitrogens with zero attached hydrogens (tertiary/aromatic N) is 3. The van der Waals surface area contributed by atoms with E-state index in [1.54, 1.807) is 27.7 Å². The molecule has 2 aromatic heterocycles. The first-order valence-electron chi connectivity index (χ1n) is 13.3. The molecule has 3 heterocycles. The maximum atomic E-state index is 16.3. The number of benzene rings is 1. The summed E-state index contributed by atoms with van der Waals surface area (Å²) in [6.07, 6.45) is 0.0815. The van der Waals surface area contributed by atoms with Crippen molar-refractivity contribution in [2.24, 2.45) is 0 Å². The van der Waals surface area contributed by atoms with Crippen LogP contribution in [0.3, 0.4) is 0 Å². The Morgan fingerprint density at radius 1 is 1.12 bits per heavy atom. The lowest BCUT2D eigenvalue weighted by molar-refractivity contribution is 0.0635. The number of pyridine rings is 2. The third-order valence-electron chi connectivity index (χ3n) is 6.86. The molecule has 5 rings (SSSR count). The number of carbonyl (C=O) groups excluding carboxylic acids is 2. The number of amides is 4. The average molecular weight is 585 g/mol. The quantitative estimate of drug-likeness (QED) is 0.309. The summed E-state index contributed by atoms with van der Waals surface area (Å²) in [5, 5.41) is 18.1. The van der Waals surface area contributed by atoms with Crippen LogP contribution in [0, 0.1) is 12.7 Å². The first-order valence-corrected chi connectivity index (χ1v) is 13.3. The molecule has 1 saturated carbocycles. The number of hydrogen-bond donors (Lipinski definition) is 4. The van der Waals surface area contributed by atoms with Gasteiger partial charge in [-0.1, -0.05) is 0 Å². The van der Waals surface area contributed by atoms with Crippen molar-refractivity contribution in [2.45, 2.75) is 58.4 Å². The standard InChI is InChI=1S/C28H30F2N6O6/c1-13-18(11-32-24-23(13)36(27(39)40)5-6-41-24)17-7-14-8-20(34-25(37)33-16-9-15(29)10-16)31-12-19(14)22(21(17)30)35-26(38)42-28(2,3)4/h7-8,11-12,15-16H,5-6,9-10H2,1-4H3,(H,35,38)(H,39,40)(H2,31,33,34,37). The zero-order valence-electron chi connectivity index (χ0n) is 23.4. The minimum Gasteiger partial charge on any atom is -0.474 e. The normalized spacial score (nSPS) is 17.9. The highest BCUT2D eigenvalue weighted by Gasteiger charge is 2.31. The molecule has 0 unspecified atom stereocenters. The Balaban J connectivity index is 1.59. The molecule has 12 nitrogen and oxygen atoms in total. The lowest BCUT2D eigenvalue weighted by Crippen LogP contribution is -2.46. The van der Waals surface area contributed by atoms with Crippen molar-refractivity contribution in [1.82, 2.24) is 15.3 Å². The van der Waals surface area contributed by atoms with E-state index in [9.17, 15) is 23.9 Å². The number of urea groups is 1. The van der Waals surface area contributed by atoms with Crippen molar-refractivity contribution < 1.29 is 37.7 Å². The summed E-state index contributed by atoms with van der Waals surface area (Å²) >= 11 is 0. The van der Waals surface area contributed by atoms with Gasteiger partial charge in [0.15, 0.2) is 5.82 Å². The van der Waals surface area contributed by atoms with Gasteiger partial charge in [0.25, 0.3) is 0 Å². The van der Waals surface area contributed by atoms with Gasteiger partial charge in [0.1, 0.15) is 29.9 Å². The lowest BCUT2D eigenvalue weighted by atomic mass is 9.91. The van der Waals surface area contributed by atoms with E-state index in [4.69, 9.17) is 9.47 Å². The second-order valence-corrected chi connectivity index (χ2v) is 11.1. The van der Waals surface area contributed by atoms with Crippen LogP contribution in [-0.4, -0.2) is 64.3 Å². The molecule has 1 aliphatic heterocycles. The summed E-state index contributed by atoms with van der Waals surface area (Å²) in [7, 11) is 0. The van der Waals surface area contributed by atoms with Crippen molar-refractivity contribution in [3.8, 4) is 17.0 Å². The number of ether oxygens (including phenoxy) is 2. The van der Waals surface area contributed by atoms with Gasteiger partial charge in [-0.2, -0.15) is 0 Å². The van der Waals surface area contributed by atoms with Crippen molar-refractivity contribution in [2.75, 3.05) is 28.7 Å². The van der Waals surface area contributed by atoms with Crippen LogP contribution in [-0.2, 0) is 4.74 Å². The molecule has 42 heavy (non-hydrogen) atoms. The van der Waals surface area contributed by atoms with E-state index in [0.717, 1.165) is 4.90 Å². The van der Waals surface area contributed by atoms with E-state index < -0.39 is 35.8 Å². The van der Waals surface area contributed by atoms with Gasteiger partial charge in [-0.25, -0.2) is 33.1 Å². The van der Waals surface area contributed by atoms with Crippen LogP contribution in [0.1, 0.15) is 39.2 Å². The van der Waals surface area contributed by atoms with Crippen LogP contribution in [0.4, 0.5) is 40.4 Å². The second kappa shape index (κ2) is 10.9. The Morgan fingerprint density at radius 2 is 1.86 bits per heavy atom. The first-order chi connectivity index (χ1) is 19.8. The minimum atomic E-state index is -1.21. The van der Waals surface area contributed by atoms with E-state index in [2.05, 4.69) is 25.9 Å². The van der Waals surface area contributed by atoms with Crippen molar-refractivity contribution >= 4 is 46.2 Å². The molecular formula is C28H30F2N6O6. The van der Waals surface area contributed by atoms with Crippen LogP contribution in [0.15, 0.2) is 24.5 Å². The molecule has 0 radical (unpaired) electrons. The summed E-state index contributed by atoms with van der Waals surface area (Å²) in [4.78, 5) is 46.6. The second-order valence-electron chi connectivity index (χ2n) is 11.1. The highest BCUT2D eigenvalue weighted by atomic mass is 19.1. The highest BCUT2D eigenvalue weighted by molar-refractivity contribution is 6.05. The Kier molecular flexibility index (Phi) is 7.47. The van der Waals surface area contributed by atoms with E-state index in [1.165, 1.54) is 24.5 Å². The highest BCUT2D eigenvalue weighted by Crippen LogP contribution is 2.42. The number of aromatic nitrogens is 2. The summed E-state index contributed by atoms with van der Waals surface area (Å²) in [5.41, 5.74) is -0.255. The number of hydrogen-bond acceptors (Lipinski definition) is 7. The van der Waals surface area contributed by atoms with Crippen LogP contribution < -0.4 is 25.6 Å². The average Bonchev–Trinajstić information content (AvgIpc) is 2.88. The molecule has 1 fully saturated rings. The fourth-order valence-electron chi connectivity index (χ4n) is 4.87. The number of carbonyl (C=O) groups is 3. The number of rotatable bonds is 4. The van der Waals surface area contributed by atoms with Crippen LogP contribution in [0.5, 0.6) is 5.88 Å². The Labute approximate surface area is 239 Å². The van der Waals surface area contributed by atoms with Crippen molar-refractivity contribution in [3.63, 3.8) is 0 Å². The zero-order valence-corrected chi connectivity index (χ0v) is 23.4. The van der Waals surface area contributed by atoms with Gasteiger partial charge < -0.3 is 19.9 Å². The van der Waals surface area contributed by atoms with Gasteiger partial charge in [0, 0.05) is 34.9 Å². The van der Waals surface area contributed by atoms with Gasteiger partial charge in [-0.05, 0) is 63.6 Å². The van der Waals surface area contributed by atoms with E-state index in [0.29, 0.717) is 10.9 Å². The third-order valence-corrected chi connectivity index (χ3v) is 6.86. The molecule has 222 valence electrons. The predicted molar refractivity (Wildman–Crippen MR) is 150 cm³/mol. The molecule has 0 saturated heterocycles. The molecule has 2 aliphatic rings. The van der Waals surface area contributed by atoms with Gasteiger partial charge in [-0.3, -0.25) is 15.5 Å². The monoisotopic (exact) mass is 584 g/mol. The van der Waals surface area contributed by atoms with Crippen LogP contribution >= 0.6 is 0 Å². The molecule has 1 aliphatic carbocycles. The largest absolute Gasteiger partial charge is 0.474 e. The Hall–Kier alpha value is -4.75. The van der Waals surface area contributed by atoms with E-state index in [-0.39, 0.29) is 71.6 Å². The predicted octanol–water partition coefficient (Wildman–Crippen LogP) is 5.59. The van der Waals surface area contributed by atoms with Crippen LogP contribution in [0.25, 0.3) is 21.9 Å². The Bertz CT molecular complexity index is 1590. The van der Waals surface area contributed by atoms with Crippen LogP contribution in [0.2, 0.25) is 0 Å². The van der Waals surface area contributed by atoms with E-state index >= 15 is 4.39 Å². The molecule has 0 spiro atoms. The zero-order chi connectivity index (χ0) is 30.3. The molecule has 3 aromatic rings. The van der Waals surface area contributed by atoms with E-state index in [1.807, 2.05) is 0 Å². The number of carboxylic acid groups (broad SMARTS) is 1. The van der Waals surface area contributed by atoms with Gasteiger partial charge in [0.2, 0.25) is 5.88 Å². The summed E-state index contributed by atoms with van der Waals surface area (Å²) in [6, 6.07) is 2.13. The fourth-order valence-corrected chi connectivity index (χ4v) is 4.87. The molecule has 14 heteroatoms. The van der Waals surface area contributed by atoms with Gasteiger partial charge in [-0.15, -0.1) is 0 Å². The molecular weight excluding hydrogens is 554 g/mol. The summed E-state index contributed by atoms with van der Waals surface area (Å²) in [6.45, 7) is 6.80. The number of nitrogens with one attached hydrogen (secondary N) is 3. The maximum absolute atomic E-state index is 16.3. The number of anilines is 3. The molecule has 0 atom stereocenters. The smallest absolute Gasteiger partial charge is 0.412 e. The summed E-state index contributed by atoms with van der Waals surface area (Å²) in [5.74, 6) is -0.601. The van der Waals surface area contributed by atoms with Crippen molar-refractivity contribution in [1.29, 1.82) is 0 Å². The SMILES string of the molecule is Cc1c(-c2cc3cc(NC(=O)NC4CC(F)C4)ncc3c(NC(=O)OC(C)(C)C)c2F)cnc2c1N(C(=O)O)CCO2. The first kappa shape index (κ1) is 28.8. The molecule has 1 aromatic carbocycles. The minimum absolute atomic E-state index is 0.00216. The lowest BCUT2D eigenvalue weighted by Gasteiger charge is -2.30. The number of fused-ring (bicyclic) bond motifs is 2. The number of alkyl halides is 1. The molecule has 4 amide bonds. The topological polar surface area (TPSA) is 155 Å². The third kappa shape index (κ3) is 5.83. The van der Waals surface area contributed by atoms with Gasteiger partial charge in [0.05, 0.1) is 12.2 Å². The summed E-state index contributed by atoms with van der Waals surface area (Å²) < 4.78 is 40.3. The van der Waals surface area contributed by atoms with Gasteiger partial charge >= 0.3 is 18.2 Å². The number of halogens is 2. The molecule has 4 N–H and O–H groups in total. The fraction of sp³-hybridized carbons (Fsp3) is 0.393. The molecule has 0 bridgehead atoms.